The van der Waals surface area contributed by atoms with Gasteiger partial charge < -0.3 is 10.2 Å². The van der Waals surface area contributed by atoms with Gasteiger partial charge in [-0.05, 0) is 31.9 Å². The molecule has 5 nitrogen and oxygen atoms in total. The van der Waals surface area contributed by atoms with Crippen molar-refractivity contribution in [3.8, 4) is 0 Å². The summed E-state index contributed by atoms with van der Waals surface area (Å²) < 4.78 is 13.6. The van der Waals surface area contributed by atoms with Crippen LogP contribution in [-0.4, -0.2) is 29.0 Å². The third-order valence-electron chi connectivity index (χ3n) is 3.86. The lowest BCUT2D eigenvalue weighted by molar-refractivity contribution is 0.0945. The van der Waals surface area contributed by atoms with Crippen LogP contribution in [0.3, 0.4) is 0 Å². The normalized spacial score (nSPS) is 14.1. The van der Waals surface area contributed by atoms with E-state index in [2.05, 4.69) is 20.2 Å². The predicted octanol–water partition coefficient (Wildman–Crippen LogP) is 2.45. The Hall–Kier alpha value is -2.50. The minimum absolute atomic E-state index is 0.133. The summed E-state index contributed by atoms with van der Waals surface area (Å²) >= 11 is 0. The number of anilines is 1. The highest BCUT2D eigenvalue weighted by Crippen LogP contribution is 2.16. The monoisotopic (exact) mass is 314 g/mol. The highest BCUT2D eigenvalue weighted by molar-refractivity contribution is 5.92. The number of nitrogens with zero attached hydrogens (tertiary/aromatic N) is 3. The Bertz CT molecular complexity index is 713. The Morgan fingerprint density at radius 2 is 2.00 bits per heavy atom. The SMILES string of the molecule is Cc1cc(C(=O)NCc2ccccc2F)nc(N2CCCC2)n1. The first kappa shape index (κ1) is 15.4. The van der Waals surface area contributed by atoms with Gasteiger partial charge in [0.05, 0.1) is 0 Å². The van der Waals surface area contributed by atoms with Gasteiger partial charge in [0.25, 0.3) is 5.91 Å². The molecule has 0 saturated carbocycles. The maximum atomic E-state index is 13.6. The van der Waals surface area contributed by atoms with E-state index in [1.807, 2.05) is 6.92 Å². The van der Waals surface area contributed by atoms with E-state index in [1.54, 1.807) is 24.3 Å². The molecule has 23 heavy (non-hydrogen) atoms. The lowest BCUT2D eigenvalue weighted by Crippen LogP contribution is -2.27. The predicted molar refractivity (Wildman–Crippen MR) is 85.8 cm³/mol. The van der Waals surface area contributed by atoms with Gasteiger partial charge in [-0.25, -0.2) is 14.4 Å². The fourth-order valence-electron chi connectivity index (χ4n) is 2.64. The number of benzene rings is 1. The third kappa shape index (κ3) is 3.64. The molecular formula is C17H19FN4O. The van der Waals surface area contributed by atoms with Gasteiger partial charge in [-0.3, -0.25) is 4.79 Å². The summed E-state index contributed by atoms with van der Waals surface area (Å²) in [6.07, 6.45) is 2.23. The van der Waals surface area contributed by atoms with Crippen molar-refractivity contribution in [3.63, 3.8) is 0 Å². The molecule has 0 unspecified atom stereocenters. The van der Waals surface area contributed by atoms with Crippen LogP contribution in [0.2, 0.25) is 0 Å². The van der Waals surface area contributed by atoms with Crippen LogP contribution in [0.25, 0.3) is 0 Å². The summed E-state index contributed by atoms with van der Waals surface area (Å²) in [7, 11) is 0. The molecule has 2 heterocycles. The van der Waals surface area contributed by atoms with Crippen LogP contribution in [0, 0.1) is 12.7 Å². The van der Waals surface area contributed by atoms with E-state index in [9.17, 15) is 9.18 Å². The second-order valence-electron chi connectivity index (χ2n) is 5.66. The molecular weight excluding hydrogens is 295 g/mol. The molecule has 6 heteroatoms. The third-order valence-corrected chi connectivity index (χ3v) is 3.86. The maximum Gasteiger partial charge on any atom is 0.270 e. The number of aromatic nitrogens is 2. The molecule has 1 fully saturated rings. The number of hydrogen-bond acceptors (Lipinski definition) is 4. The highest BCUT2D eigenvalue weighted by Gasteiger charge is 2.18. The molecule has 1 saturated heterocycles. The smallest absolute Gasteiger partial charge is 0.270 e. The van der Waals surface area contributed by atoms with Crippen molar-refractivity contribution < 1.29 is 9.18 Å². The first-order chi connectivity index (χ1) is 11.1. The second kappa shape index (κ2) is 6.73. The van der Waals surface area contributed by atoms with Gasteiger partial charge in [-0.15, -0.1) is 0 Å². The number of carbonyl (C=O) groups excluding carboxylic acids is 1. The van der Waals surface area contributed by atoms with E-state index in [1.165, 1.54) is 6.07 Å². The molecule has 120 valence electrons. The van der Waals surface area contributed by atoms with Crippen LogP contribution in [0.4, 0.5) is 10.3 Å². The van der Waals surface area contributed by atoms with Crippen LogP contribution >= 0.6 is 0 Å². The number of nitrogens with one attached hydrogen (secondary N) is 1. The molecule has 3 rings (SSSR count). The molecule has 0 atom stereocenters. The van der Waals surface area contributed by atoms with Crippen molar-refractivity contribution in [3.05, 3.63) is 53.1 Å². The largest absolute Gasteiger partial charge is 0.347 e. The summed E-state index contributed by atoms with van der Waals surface area (Å²) in [6.45, 7) is 3.81. The van der Waals surface area contributed by atoms with Gasteiger partial charge in [0, 0.05) is 30.9 Å². The summed E-state index contributed by atoms with van der Waals surface area (Å²) in [5.41, 5.74) is 1.51. The molecule has 2 aromatic rings. The first-order valence-corrected chi connectivity index (χ1v) is 7.76. The summed E-state index contributed by atoms with van der Waals surface area (Å²) in [4.78, 5) is 23.2. The Morgan fingerprint density at radius 3 is 2.74 bits per heavy atom. The molecule has 1 aliphatic rings. The van der Waals surface area contributed by atoms with Crippen LogP contribution < -0.4 is 10.2 Å². The van der Waals surface area contributed by atoms with Gasteiger partial charge in [0.2, 0.25) is 5.95 Å². The quantitative estimate of drug-likeness (QED) is 0.942. The average molecular weight is 314 g/mol. The molecule has 1 N–H and O–H groups in total. The van der Waals surface area contributed by atoms with Crippen molar-refractivity contribution in [1.29, 1.82) is 0 Å². The van der Waals surface area contributed by atoms with E-state index >= 15 is 0 Å². The van der Waals surface area contributed by atoms with E-state index in [0.717, 1.165) is 31.6 Å². The fraction of sp³-hybridized carbons (Fsp3) is 0.353. The van der Waals surface area contributed by atoms with Crippen molar-refractivity contribution in [2.24, 2.45) is 0 Å². The van der Waals surface area contributed by atoms with Crippen molar-refractivity contribution in [2.45, 2.75) is 26.3 Å². The first-order valence-electron chi connectivity index (χ1n) is 7.76. The zero-order valence-corrected chi connectivity index (χ0v) is 13.1. The van der Waals surface area contributed by atoms with Gasteiger partial charge >= 0.3 is 0 Å². The number of hydrogen-bond donors (Lipinski definition) is 1. The van der Waals surface area contributed by atoms with Gasteiger partial charge in [0.1, 0.15) is 11.5 Å². The number of aryl methyl sites for hydroxylation is 1. The average Bonchev–Trinajstić information content (AvgIpc) is 3.08. The zero-order chi connectivity index (χ0) is 16.2. The number of amides is 1. The molecule has 0 radical (unpaired) electrons. The van der Waals surface area contributed by atoms with Crippen molar-refractivity contribution >= 4 is 11.9 Å². The van der Waals surface area contributed by atoms with Crippen LogP contribution in [0.15, 0.2) is 30.3 Å². The van der Waals surface area contributed by atoms with Crippen molar-refractivity contribution in [2.75, 3.05) is 18.0 Å². The fourth-order valence-corrected chi connectivity index (χ4v) is 2.64. The Kier molecular flexibility index (Phi) is 4.50. The van der Waals surface area contributed by atoms with E-state index < -0.39 is 0 Å². The lowest BCUT2D eigenvalue weighted by atomic mass is 10.2. The number of halogens is 1. The highest BCUT2D eigenvalue weighted by atomic mass is 19.1. The minimum Gasteiger partial charge on any atom is -0.347 e. The second-order valence-corrected chi connectivity index (χ2v) is 5.66. The van der Waals surface area contributed by atoms with E-state index in [4.69, 9.17) is 0 Å². The maximum absolute atomic E-state index is 13.6. The number of carbonyl (C=O) groups is 1. The standard InChI is InChI=1S/C17H19FN4O/c1-12-10-15(21-17(20-12)22-8-4-5-9-22)16(23)19-11-13-6-2-3-7-14(13)18/h2-3,6-7,10H,4-5,8-9,11H2,1H3,(H,19,23). The molecule has 1 amide bonds. The molecule has 0 aliphatic carbocycles. The number of rotatable bonds is 4. The molecule has 1 aliphatic heterocycles. The minimum atomic E-state index is -0.329. The Balaban J connectivity index is 1.73. The lowest BCUT2D eigenvalue weighted by Gasteiger charge is -2.16. The summed E-state index contributed by atoms with van der Waals surface area (Å²) in [6, 6.07) is 8.04. The van der Waals surface area contributed by atoms with Gasteiger partial charge in [-0.1, -0.05) is 18.2 Å². The van der Waals surface area contributed by atoms with Crippen molar-refractivity contribution in [1.82, 2.24) is 15.3 Å². The van der Waals surface area contributed by atoms with Gasteiger partial charge in [0.15, 0.2) is 0 Å². The van der Waals surface area contributed by atoms with Crippen LogP contribution in [0.1, 0.15) is 34.6 Å². The topological polar surface area (TPSA) is 58.1 Å². The summed E-state index contributed by atoms with van der Waals surface area (Å²) in [5.74, 6) is -0.0536. The summed E-state index contributed by atoms with van der Waals surface area (Å²) in [5, 5.41) is 2.71. The van der Waals surface area contributed by atoms with E-state index in [0.29, 0.717) is 17.2 Å². The molecule has 0 spiro atoms. The zero-order valence-electron chi connectivity index (χ0n) is 13.1. The van der Waals surface area contributed by atoms with E-state index in [-0.39, 0.29) is 18.3 Å². The van der Waals surface area contributed by atoms with Crippen LogP contribution in [0.5, 0.6) is 0 Å². The Morgan fingerprint density at radius 1 is 1.26 bits per heavy atom. The molecule has 0 bridgehead atoms. The van der Waals surface area contributed by atoms with Crippen LogP contribution in [-0.2, 0) is 6.54 Å². The molecule has 1 aromatic heterocycles. The van der Waals surface area contributed by atoms with Gasteiger partial charge in [-0.2, -0.15) is 0 Å². The Labute approximate surface area is 134 Å². The molecule has 1 aromatic carbocycles.